The lowest BCUT2D eigenvalue weighted by Crippen LogP contribution is -1.95. The molecule has 0 aliphatic heterocycles. The van der Waals surface area contributed by atoms with Gasteiger partial charge in [-0.05, 0) is 19.7 Å². The van der Waals surface area contributed by atoms with E-state index >= 15 is 0 Å². The first kappa shape index (κ1) is 12.2. The molecule has 1 aromatic carbocycles. The fourth-order valence-electron chi connectivity index (χ4n) is 1.48. The first-order valence-corrected chi connectivity index (χ1v) is 4.98. The number of benzene rings is 1. The number of hydrogen-bond donors (Lipinski definition) is 1. The van der Waals surface area contributed by atoms with Crippen LogP contribution in [0.2, 0.25) is 0 Å². The smallest absolute Gasteiger partial charge is 0.101 e. The maximum Gasteiger partial charge on any atom is 0.101 e. The molecule has 0 saturated carbocycles. The van der Waals surface area contributed by atoms with Crippen molar-refractivity contribution >= 4 is 41.1 Å². The average Bonchev–Trinajstić information content (AvgIpc) is 2.31. The highest BCUT2D eigenvalue weighted by Crippen LogP contribution is 2.37. The Bertz CT molecular complexity index is 486. The molecular formula is C11H11ClN4. The number of rotatable bonds is 3. The molecule has 0 spiro atoms. The highest BCUT2D eigenvalue weighted by atomic mass is 35.5. The van der Waals surface area contributed by atoms with Crippen LogP contribution < -0.4 is 5.32 Å². The lowest BCUT2D eigenvalue weighted by molar-refractivity contribution is 1.33. The molecule has 82 valence electrons. The number of halogens is 1. The molecule has 1 aromatic rings. The van der Waals surface area contributed by atoms with E-state index in [2.05, 4.69) is 28.1 Å². The van der Waals surface area contributed by atoms with Crippen LogP contribution in [0.25, 0.3) is 0 Å². The zero-order chi connectivity index (χ0) is 12.1. The summed E-state index contributed by atoms with van der Waals surface area (Å²) in [6, 6.07) is 3.74. The second kappa shape index (κ2) is 5.29. The van der Waals surface area contributed by atoms with Gasteiger partial charge < -0.3 is 5.32 Å². The van der Waals surface area contributed by atoms with Crippen molar-refractivity contribution in [3.8, 4) is 6.07 Å². The van der Waals surface area contributed by atoms with Gasteiger partial charge in [0, 0.05) is 12.6 Å². The van der Waals surface area contributed by atoms with E-state index < -0.39 is 0 Å². The Labute approximate surface area is 99.3 Å². The van der Waals surface area contributed by atoms with Crippen LogP contribution in [0.4, 0.5) is 17.1 Å². The highest BCUT2D eigenvalue weighted by Gasteiger charge is 2.12. The third kappa shape index (κ3) is 2.05. The summed E-state index contributed by atoms with van der Waals surface area (Å²) in [4.78, 5) is 7.88. The molecule has 0 aromatic heterocycles. The number of aliphatic imine (C=N–C) groups is 2. The van der Waals surface area contributed by atoms with Crippen LogP contribution in [-0.4, -0.2) is 19.4 Å². The average molecular weight is 235 g/mol. The summed E-state index contributed by atoms with van der Waals surface area (Å²) in [6.45, 7) is 5.35. The second-order valence-corrected chi connectivity index (χ2v) is 3.23. The fourth-order valence-corrected chi connectivity index (χ4v) is 1.58. The normalized spacial score (nSPS) is 10.1. The van der Waals surface area contributed by atoms with E-state index in [-0.39, 0.29) is 0 Å². The second-order valence-electron chi connectivity index (χ2n) is 3.04. The Balaban J connectivity index is 3.62. The zero-order valence-corrected chi connectivity index (χ0v) is 9.84. The molecule has 0 aliphatic rings. The van der Waals surface area contributed by atoms with E-state index in [1.165, 1.54) is 0 Å². The largest absolute Gasteiger partial charge is 0.385 e. The van der Waals surface area contributed by atoms with Crippen molar-refractivity contribution in [1.82, 2.24) is 0 Å². The first-order valence-electron chi connectivity index (χ1n) is 4.54. The van der Waals surface area contributed by atoms with Crippen molar-refractivity contribution in [2.24, 2.45) is 9.98 Å². The predicted molar refractivity (Wildman–Crippen MR) is 68.7 cm³/mol. The van der Waals surface area contributed by atoms with Gasteiger partial charge in [-0.15, -0.1) is 0 Å². The molecule has 0 radical (unpaired) electrons. The summed E-state index contributed by atoms with van der Waals surface area (Å²) in [6.07, 6.45) is 0. The van der Waals surface area contributed by atoms with Gasteiger partial charge in [0.05, 0.1) is 28.3 Å². The van der Waals surface area contributed by atoms with E-state index in [0.717, 1.165) is 11.2 Å². The van der Waals surface area contributed by atoms with Gasteiger partial charge >= 0.3 is 0 Å². The van der Waals surface area contributed by atoms with Crippen LogP contribution in [0, 0.1) is 18.3 Å². The van der Waals surface area contributed by atoms with Gasteiger partial charge in [-0.2, -0.15) is 5.26 Å². The Morgan fingerprint density at radius 2 is 2.31 bits per heavy atom. The SMILES string of the molecule is C=Nc1c(C)c(N=CCl)cc(C#N)c1NC. The molecule has 5 heteroatoms. The highest BCUT2D eigenvalue weighted by molar-refractivity contribution is 6.56. The van der Waals surface area contributed by atoms with Crippen LogP contribution >= 0.6 is 11.6 Å². The number of nitrogens with zero attached hydrogens (tertiary/aromatic N) is 3. The Hall–Kier alpha value is -1.86. The Morgan fingerprint density at radius 3 is 2.75 bits per heavy atom. The molecule has 0 amide bonds. The van der Waals surface area contributed by atoms with Gasteiger partial charge in [0.2, 0.25) is 0 Å². The minimum absolute atomic E-state index is 0.466. The molecule has 0 aliphatic carbocycles. The molecule has 0 heterocycles. The summed E-state index contributed by atoms with van der Waals surface area (Å²) in [7, 11) is 1.73. The van der Waals surface area contributed by atoms with E-state index in [0.29, 0.717) is 22.6 Å². The topological polar surface area (TPSA) is 60.5 Å². The van der Waals surface area contributed by atoms with Crippen molar-refractivity contribution < 1.29 is 0 Å². The van der Waals surface area contributed by atoms with E-state index in [4.69, 9.17) is 16.9 Å². The van der Waals surface area contributed by atoms with Crippen LogP contribution in [0.15, 0.2) is 16.1 Å². The van der Waals surface area contributed by atoms with Crippen LogP contribution in [0.1, 0.15) is 11.1 Å². The lowest BCUT2D eigenvalue weighted by atomic mass is 10.1. The van der Waals surface area contributed by atoms with E-state index in [1.807, 2.05) is 6.92 Å². The third-order valence-corrected chi connectivity index (χ3v) is 2.34. The maximum atomic E-state index is 9.02. The summed E-state index contributed by atoms with van der Waals surface area (Å²) < 4.78 is 0. The van der Waals surface area contributed by atoms with Crippen LogP contribution in [-0.2, 0) is 0 Å². The summed E-state index contributed by atoms with van der Waals surface area (Å²) in [5, 5.41) is 12.0. The molecule has 1 N–H and O–H groups in total. The predicted octanol–water partition coefficient (Wildman–Crippen LogP) is 3.14. The van der Waals surface area contributed by atoms with Crippen LogP contribution in [0.5, 0.6) is 0 Å². The minimum Gasteiger partial charge on any atom is -0.385 e. The Kier molecular flexibility index (Phi) is 4.03. The van der Waals surface area contributed by atoms with Crippen molar-refractivity contribution in [2.75, 3.05) is 12.4 Å². The van der Waals surface area contributed by atoms with Gasteiger partial charge in [0.25, 0.3) is 0 Å². The number of anilines is 1. The van der Waals surface area contributed by atoms with Gasteiger partial charge in [0.1, 0.15) is 6.07 Å². The van der Waals surface area contributed by atoms with Crippen molar-refractivity contribution in [3.05, 3.63) is 17.2 Å². The van der Waals surface area contributed by atoms with Crippen molar-refractivity contribution in [1.29, 1.82) is 5.26 Å². The molecule has 0 unspecified atom stereocenters. The molecule has 0 atom stereocenters. The molecular weight excluding hydrogens is 224 g/mol. The molecule has 0 saturated heterocycles. The summed E-state index contributed by atoms with van der Waals surface area (Å²) in [5.41, 5.74) is 4.35. The van der Waals surface area contributed by atoms with Gasteiger partial charge in [-0.1, -0.05) is 11.6 Å². The number of nitriles is 1. The van der Waals surface area contributed by atoms with Gasteiger partial charge in [0.15, 0.2) is 0 Å². The molecule has 0 bridgehead atoms. The van der Waals surface area contributed by atoms with E-state index in [1.54, 1.807) is 13.1 Å². The number of hydrogen-bond acceptors (Lipinski definition) is 4. The molecule has 16 heavy (non-hydrogen) atoms. The molecule has 0 fully saturated rings. The quantitative estimate of drug-likeness (QED) is 0.817. The van der Waals surface area contributed by atoms with Crippen molar-refractivity contribution in [2.45, 2.75) is 6.92 Å². The summed E-state index contributed by atoms with van der Waals surface area (Å²) >= 11 is 5.44. The standard InChI is InChI=1S/C11H11ClN4/c1-7-9(16-6-12)4-8(5-13)11(15-3)10(7)14-2/h4,6,15H,2H2,1,3H3. The van der Waals surface area contributed by atoms with E-state index in [9.17, 15) is 0 Å². The monoisotopic (exact) mass is 234 g/mol. The lowest BCUT2D eigenvalue weighted by Gasteiger charge is -2.11. The first-order chi connectivity index (χ1) is 7.69. The third-order valence-electron chi connectivity index (χ3n) is 2.24. The fraction of sp³-hybridized carbons (Fsp3) is 0.182. The zero-order valence-electron chi connectivity index (χ0n) is 9.08. The Morgan fingerprint density at radius 1 is 1.62 bits per heavy atom. The number of nitrogens with one attached hydrogen (secondary N) is 1. The molecule has 1 rings (SSSR count). The van der Waals surface area contributed by atoms with Gasteiger partial charge in [-0.25, -0.2) is 4.99 Å². The van der Waals surface area contributed by atoms with Crippen LogP contribution in [0.3, 0.4) is 0 Å². The van der Waals surface area contributed by atoms with Crippen molar-refractivity contribution in [3.63, 3.8) is 0 Å². The molecule has 4 nitrogen and oxygen atoms in total. The minimum atomic E-state index is 0.466. The maximum absolute atomic E-state index is 9.02. The van der Waals surface area contributed by atoms with Gasteiger partial charge in [-0.3, -0.25) is 4.99 Å². The summed E-state index contributed by atoms with van der Waals surface area (Å²) in [5.74, 6) is 0.